The third-order valence-electron chi connectivity index (χ3n) is 2.62. The molecule has 2 aromatic rings. The van der Waals surface area contributed by atoms with Crippen LogP contribution in [0.4, 0.5) is 4.39 Å². The second-order valence-corrected chi connectivity index (χ2v) is 5.55. The van der Waals surface area contributed by atoms with E-state index in [1.54, 1.807) is 24.3 Å². The number of ketones is 1. The van der Waals surface area contributed by atoms with Crippen LogP contribution in [0, 0.1) is 5.82 Å². The van der Waals surface area contributed by atoms with E-state index in [-0.39, 0.29) is 17.8 Å². The van der Waals surface area contributed by atoms with Crippen molar-refractivity contribution in [2.45, 2.75) is 6.42 Å². The first-order valence-electron chi connectivity index (χ1n) is 5.41. The lowest BCUT2D eigenvalue weighted by atomic mass is 10.0. The van der Waals surface area contributed by atoms with Crippen LogP contribution in [0.5, 0.6) is 0 Å². The van der Waals surface area contributed by atoms with Gasteiger partial charge in [0.1, 0.15) is 5.82 Å². The third-order valence-corrected chi connectivity index (χ3v) is 4.14. The average Bonchev–Trinajstić information content (AvgIpc) is 2.35. The Hall–Kier alpha value is -0.900. The molecule has 0 saturated heterocycles. The van der Waals surface area contributed by atoms with Crippen molar-refractivity contribution in [2.75, 3.05) is 0 Å². The second kappa shape index (κ2) is 6.04. The van der Waals surface area contributed by atoms with E-state index in [2.05, 4.69) is 15.9 Å². The lowest BCUT2D eigenvalue weighted by molar-refractivity contribution is 0.0988. The predicted molar refractivity (Wildman–Crippen MR) is 78.6 cm³/mol. The fraction of sp³-hybridized carbons (Fsp3) is 0.0714. The van der Waals surface area contributed by atoms with E-state index in [0.29, 0.717) is 20.1 Å². The fourth-order valence-corrected chi connectivity index (χ4v) is 2.66. The summed E-state index contributed by atoms with van der Waals surface area (Å²) >= 11 is 15.1. The van der Waals surface area contributed by atoms with E-state index < -0.39 is 5.82 Å². The Bertz CT molecular complexity index is 623. The van der Waals surface area contributed by atoms with Gasteiger partial charge in [0.25, 0.3) is 0 Å². The Kier molecular flexibility index (Phi) is 4.61. The smallest absolute Gasteiger partial charge is 0.171 e. The van der Waals surface area contributed by atoms with Crippen LogP contribution in [0.25, 0.3) is 0 Å². The quantitative estimate of drug-likeness (QED) is 0.676. The van der Waals surface area contributed by atoms with Crippen LogP contribution in [0.3, 0.4) is 0 Å². The highest BCUT2D eigenvalue weighted by molar-refractivity contribution is 9.10. The molecule has 0 aromatic heterocycles. The molecule has 0 aliphatic heterocycles. The molecule has 2 aromatic carbocycles. The minimum atomic E-state index is -0.558. The normalized spacial score (nSPS) is 10.5. The molecule has 2 rings (SSSR count). The van der Waals surface area contributed by atoms with Crippen molar-refractivity contribution in [3.63, 3.8) is 0 Å². The van der Waals surface area contributed by atoms with Gasteiger partial charge in [0.15, 0.2) is 5.78 Å². The molecule has 0 aliphatic carbocycles. The molecule has 98 valence electrons. The number of rotatable bonds is 3. The lowest BCUT2D eigenvalue weighted by Crippen LogP contribution is -2.07. The number of carbonyl (C=O) groups is 1. The van der Waals surface area contributed by atoms with Crippen molar-refractivity contribution in [1.29, 1.82) is 0 Å². The minimum absolute atomic E-state index is 0.00106. The van der Waals surface area contributed by atoms with Crippen LogP contribution in [0.1, 0.15) is 15.9 Å². The van der Waals surface area contributed by atoms with Crippen molar-refractivity contribution >= 4 is 44.9 Å². The second-order valence-electron chi connectivity index (χ2n) is 3.91. The van der Waals surface area contributed by atoms with Crippen molar-refractivity contribution in [3.8, 4) is 0 Å². The van der Waals surface area contributed by atoms with Crippen LogP contribution in [0.15, 0.2) is 40.9 Å². The number of benzene rings is 2. The molecule has 5 heteroatoms. The molecule has 0 saturated carbocycles. The van der Waals surface area contributed by atoms with Crippen molar-refractivity contribution in [2.24, 2.45) is 0 Å². The van der Waals surface area contributed by atoms with Crippen LogP contribution in [-0.4, -0.2) is 5.78 Å². The maximum absolute atomic E-state index is 13.7. The van der Waals surface area contributed by atoms with Crippen molar-refractivity contribution in [3.05, 3.63) is 67.9 Å². The standard InChI is InChI=1S/C14H8BrCl2FO/c15-9-4-2-6-11(18)13(9)12(19)7-8-3-1-5-10(16)14(8)17/h1-6H,7H2. The summed E-state index contributed by atoms with van der Waals surface area (Å²) in [5, 5.41) is 0.699. The van der Waals surface area contributed by atoms with E-state index in [1.807, 2.05) is 0 Å². The monoisotopic (exact) mass is 360 g/mol. The van der Waals surface area contributed by atoms with Crippen LogP contribution < -0.4 is 0 Å². The number of halogens is 4. The molecule has 0 amide bonds. The SMILES string of the molecule is O=C(Cc1cccc(Cl)c1Cl)c1c(F)cccc1Br. The van der Waals surface area contributed by atoms with Gasteiger partial charge in [0, 0.05) is 10.9 Å². The van der Waals surface area contributed by atoms with Gasteiger partial charge in [-0.05, 0) is 39.7 Å². The molecular weight excluding hydrogens is 354 g/mol. The van der Waals surface area contributed by atoms with Gasteiger partial charge >= 0.3 is 0 Å². The summed E-state index contributed by atoms with van der Waals surface area (Å²) in [5.74, 6) is -0.910. The summed E-state index contributed by atoms with van der Waals surface area (Å²) in [6.07, 6.45) is -0.00106. The molecule has 0 atom stereocenters. The maximum atomic E-state index is 13.7. The first-order chi connectivity index (χ1) is 9.00. The Labute approximate surface area is 128 Å². The lowest BCUT2D eigenvalue weighted by Gasteiger charge is -2.07. The van der Waals surface area contributed by atoms with Crippen molar-refractivity contribution in [1.82, 2.24) is 0 Å². The van der Waals surface area contributed by atoms with E-state index in [1.165, 1.54) is 12.1 Å². The first-order valence-corrected chi connectivity index (χ1v) is 6.95. The molecular formula is C14H8BrCl2FO. The van der Waals surface area contributed by atoms with Gasteiger partial charge in [-0.2, -0.15) is 0 Å². The van der Waals surface area contributed by atoms with E-state index >= 15 is 0 Å². The Morgan fingerprint density at radius 2 is 1.84 bits per heavy atom. The highest BCUT2D eigenvalue weighted by atomic mass is 79.9. The molecule has 0 aliphatic rings. The number of hydrogen-bond donors (Lipinski definition) is 0. The van der Waals surface area contributed by atoms with Gasteiger partial charge < -0.3 is 0 Å². The van der Waals surface area contributed by atoms with Crippen LogP contribution >= 0.6 is 39.1 Å². The summed E-state index contributed by atoms with van der Waals surface area (Å²) in [6, 6.07) is 9.43. The van der Waals surface area contributed by atoms with Gasteiger partial charge in [-0.25, -0.2) is 4.39 Å². The van der Waals surface area contributed by atoms with Crippen molar-refractivity contribution < 1.29 is 9.18 Å². The zero-order valence-corrected chi connectivity index (χ0v) is 12.7. The topological polar surface area (TPSA) is 17.1 Å². The van der Waals surface area contributed by atoms with E-state index in [9.17, 15) is 9.18 Å². The zero-order chi connectivity index (χ0) is 14.0. The molecule has 0 unspecified atom stereocenters. The molecule has 0 fully saturated rings. The average molecular weight is 362 g/mol. The largest absolute Gasteiger partial charge is 0.294 e. The minimum Gasteiger partial charge on any atom is -0.294 e. The summed E-state index contributed by atoms with van der Waals surface area (Å²) in [4.78, 5) is 12.1. The molecule has 1 nitrogen and oxygen atoms in total. The number of hydrogen-bond acceptors (Lipinski definition) is 1. The predicted octanol–water partition coefficient (Wildman–Crippen LogP) is 5.32. The van der Waals surface area contributed by atoms with Crippen LogP contribution in [0.2, 0.25) is 10.0 Å². The number of carbonyl (C=O) groups excluding carboxylic acids is 1. The van der Waals surface area contributed by atoms with Gasteiger partial charge in [0.05, 0.1) is 15.6 Å². The molecule has 0 heterocycles. The van der Waals surface area contributed by atoms with Gasteiger partial charge in [-0.1, -0.05) is 41.4 Å². The van der Waals surface area contributed by atoms with E-state index in [0.717, 1.165) is 0 Å². The molecule has 0 N–H and O–H groups in total. The molecule has 0 radical (unpaired) electrons. The molecule has 0 spiro atoms. The third kappa shape index (κ3) is 3.16. The molecule has 0 bridgehead atoms. The van der Waals surface area contributed by atoms with Crippen LogP contribution in [-0.2, 0) is 6.42 Å². The Morgan fingerprint density at radius 3 is 2.53 bits per heavy atom. The summed E-state index contributed by atoms with van der Waals surface area (Å²) < 4.78 is 14.1. The summed E-state index contributed by atoms with van der Waals surface area (Å²) in [7, 11) is 0. The Balaban J connectivity index is 2.34. The van der Waals surface area contributed by atoms with E-state index in [4.69, 9.17) is 23.2 Å². The highest BCUT2D eigenvalue weighted by Gasteiger charge is 2.17. The van der Waals surface area contributed by atoms with Gasteiger partial charge in [0.2, 0.25) is 0 Å². The number of Topliss-reactive ketones (excluding diaryl/α,β-unsaturated/α-hetero) is 1. The first kappa shape index (κ1) is 14.5. The summed E-state index contributed by atoms with van der Waals surface area (Å²) in [5.41, 5.74) is 0.605. The van der Waals surface area contributed by atoms with Gasteiger partial charge in [-0.3, -0.25) is 4.79 Å². The fourth-order valence-electron chi connectivity index (χ4n) is 1.71. The maximum Gasteiger partial charge on any atom is 0.171 e. The zero-order valence-electron chi connectivity index (χ0n) is 9.59. The highest BCUT2D eigenvalue weighted by Crippen LogP contribution is 2.28. The Morgan fingerprint density at radius 1 is 1.16 bits per heavy atom. The summed E-state index contributed by atoms with van der Waals surface area (Å²) in [6.45, 7) is 0. The molecule has 19 heavy (non-hydrogen) atoms. The van der Waals surface area contributed by atoms with Gasteiger partial charge in [-0.15, -0.1) is 0 Å².